The molecular weight excluding hydrogens is 290 g/mol. The van der Waals surface area contributed by atoms with Crippen molar-refractivity contribution >= 4 is 5.91 Å². The molecule has 2 aromatic heterocycles. The van der Waals surface area contributed by atoms with Gasteiger partial charge in [-0.3, -0.25) is 14.5 Å². The number of likely N-dealkylation sites (tertiary alicyclic amines) is 1. The summed E-state index contributed by atoms with van der Waals surface area (Å²) in [5.74, 6) is 0.405. The smallest absolute Gasteiger partial charge is 0.219 e. The zero-order valence-corrected chi connectivity index (χ0v) is 13.8. The summed E-state index contributed by atoms with van der Waals surface area (Å²) in [6.45, 7) is 6.22. The van der Waals surface area contributed by atoms with Crippen LogP contribution in [0, 0.1) is 0 Å². The highest BCUT2D eigenvalue weighted by molar-refractivity contribution is 5.73. The highest BCUT2D eigenvalue weighted by Gasteiger charge is 2.24. The molecular formula is C17H23N5O. The molecule has 0 aromatic carbocycles. The van der Waals surface area contributed by atoms with Crippen molar-refractivity contribution in [2.24, 2.45) is 0 Å². The van der Waals surface area contributed by atoms with Gasteiger partial charge < -0.3 is 4.90 Å². The molecule has 1 aliphatic heterocycles. The van der Waals surface area contributed by atoms with Gasteiger partial charge in [0.25, 0.3) is 0 Å². The Hall–Kier alpha value is -2.24. The van der Waals surface area contributed by atoms with E-state index in [0.717, 1.165) is 56.0 Å². The Morgan fingerprint density at radius 2 is 2.26 bits per heavy atom. The molecule has 6 heteroatoms. The number of piperidine rings is 1. The second-order valence-corrected chi connectivity index (χ2v) is 6.07. The number of amides is 1. The SMILES string of the molecule is CCCn1nccc1-c1cncc(C2CCCN(C(C)=O)C2)n1. The van der Waals surface area contributed by atoms with Crippen LogP contribution in [0.1, 0.15) is 44.7 Å². The number of carbonyl (C=O) groups is 1. The molecule has 1 amide bonds. The standard InChI is InChI=1S/C17H23N5O/c1-3-8-22-17(6-7-19-22)16-11-18-10-15(20-16)14-5-4-9-21(12-14)13(2)23/h6-7,10-11,14H,3-5,8-9,12H2,1-2H3. The van der Waals surface area contributed by atoms with Gasteiger partial charge in [0.1, 0.15) is 5.69 Å². The molecule has 1 saturated heterocycles. The molecule has 0 radical (unpaired) electrons. The molecule has 0 N–H and O–H groups in total. The average Bonchev–Trinajstić information content (AvgIpc) is 3.04. The molecule has 0 aliphatic carbocycles. The highest BCUT2D eigenvalue weighted by Crippen LogP contribution is 2.27. The number of nitrogens with zero attached hydrogens (tertiary/aromatic N) is 5. The normalized spacial score (nSPS) is 18.2. The summed E-state index contributed by atoms with van der Waals surface area (Å²) in [5.41, 5.74) is 2.83. The fourth-order valence-electron chi connectivity index (χ4n) is 3.15. The third kappa shape index (κ3) is 3.41. The topological polar surface area (TPSA) is 63.9 Å². The predicted molar refractivity (Wildman–Crippen MR) is 87.8 cm³/mol. The van der Waals surface area contributed by atoms with Gasteiger partial charge in [-0.05, 0) is 25.3 Å². The molecule has 0 bridgehead atoms. The second kappa shape index (κ2) is 6.89. The van der Waals surface area contributed by atoms with Crippen LogP contribution in [0.5, 0.6) is 0 Å². The van der Waals surface area contributed by atoms with Crippen LogP contribution >= 0.6 is 0 Å². The Labute approximate surface area is 136 Å². The predicted octanol–water partition coefficient (Wildman–Crippen LogP) is 2.48. The number of aromatic nitrogens is 4. The van der Waals surface area contributed by atoms with Crippen molar-refractivity contribution in [2.75, 3.05) is 13.1 Å². The minimum Gasteiger partial charge on any atom is -0.342 e. The summed E-state index contributed by atoms with van der Waals surface area (Å²) in [7, 11) is 0. The Morgan fingerprint density at radius 1 is 1.39 bits per heavy atom. The van der Waals surface area contributed by atoms with E-state index in [1.165, 1.54) is 0 Å². The first kappa shape index (κ1) is 15.6. The van der Waals surface area contributed by atoms with E-state index >= 15 is 0 Å². The quantitative estimate of drug-likeness (QED) is 0.870. The molecule has 0 spiro atoms. The van der Waals surface area contributed by atoms with E-state index in [-0.39, 0.29) is 11.8 Å². The maximum atomic E-state index is 11.6. The lowest BCUT2D eigenvalue weighted by Gasteiger charge is -2.31. The summed E-state index contributed by atoms with van der Waals surface area (Å²) >= 11 is 0. The second-order valence-electron chi connectivity index (χ2n) is 6.07. The van der Waals surface area contributed by atoms with Crippen molar-refractivity contribution in [3.8, 4) is 11.4 Å². The molecule has 6 nitrogen and oxygen atoms in total. The number of aryl methyl sites for hydroxylation is 1. The molecule has 1 unspecified atom stereocenters. The lowest BCUT2D eigenvalue weighted by atomic mass is 9.95. The Kier molecular flexibility index (Phi) is 4.69. The largest absolute Gasteiger partial charge is 0.342 e. The third-order valence-corrected chi connectivity index (χ3v) is 4.35. The van der Waals surface area contributed by atoms with E-state index in [0.29, 0.717) is 0 Å². The van der Waals surface area contributed by atoms with Gasteiger partial charge in [-0.2, -0.15) is 5.10 Å². The Balaban J connectivity index is 1.85. The number of carbonyl (C=O) groups excluding carboxylic acids is 1. The van der Waals surface area contributed by atoms with Gasteiger partial charge in [0.2, 0.25) is 5.91 Å². The van der Waals surface area contributed by atoms with E-state index in [1.807, 2.05) is 21.8 Å². The minimum absolute atomic E-state index is 0.139. The molecule has 1 aliphatic rings. The van der Waals surface area contributed by atoms with Crippen molar-refractivity contribution in [3.63, 3.8) is 0 Å². The van der Waals surface area contributed by atoms with Crippen LogP contribution in [-0.2, 0) is 11.3 Å². The van der Waals surface area contributed by atoms with Crippen LogP contribution in [0.2, 0.25) is 0 Å². The molecule has 3 heterocycles. The van der Waals surface area contributed by atoms with Gasteiger partial charge >= 0.3 is 0 Å². The minimum atomic E-state index is 0.139. The Bertz CT molecular complexity index is 681. The molecule has 1 atom stereocenters. The Morgan fingerprint density at radius 3 is 3.04 bits per heavy atom. The van der Waals surface area contributed by atoms with E-state index in [4.69, 9.17) is 4.98 Å². The van der Waals surface area contributed by atoms with Crippen molar-refractivity contribution in [2.45, 2.75) is 45.6 Å². The molecule has 2 aromatic rings. The number of hydrogen-bond donors (Lipinski definition) is 0. The lowest BCUT2D eigenvalue weighted by molar-refractivity contribution is -0.130. The summed E-state index contributed by atoms with van der Waals surface area (Å²) < 4.78 is 1.97. The zero-order valence-electron chi connectivity index (χ0n) is 13.8. The molecule has 23 heavy (non-hydrogen) atoms. The van der Waals surface area contributed by atoms with E-state index < -0.39 is 0 Å². The first-order valence-electron chi connectivity index (χ1n) is 8.28. The van der Waals surface area contributed by atoms with Gasteiger partial charge in [-0.15, -0.1) is 0 Å². The summed E-state index contributed by atoms with van der Waals surface area (Å²) in [6.07, 6.45) is 8.52. The maximum Gasteiger partial charge on any atom is 0.219 e. The number of rotatable bonds is 4. The maximum absolute atomic E-state index is 11.6. The van der Waals surface area contributed by atoms with Crippen LogP contribution in [-0.4, -0.2) is 43.6 Å². The van der Waals surface area contributed by atoms with Crippen LogP contribution in [0.4, 0.5) is 0 Å². The average molecular weight is 313 g/mol. The molecule has 3 rings (SSSR count). The fourth-order valence-corrected chi connectivity index (χ4v) is 3.15. The van der Waals surface area contributed by atoms with Gasteiger partial charge in [-0.1, -0.05) is 6.92 Å². The first-order valence-corrected chi connectivity index (χ1v) is 8.28. The highest BCUT2D eigenvalue weighted by atomic mass is 16.2. The summed E-state index contributed by atoms with van der Waals surface area (Å²) in [4.78, 5) is 22.7. The zero-order chi connectivity index (χ0) is 16.2. The van der Waals surface area contributed by atoms with Gasteiger partial charge in [-0.25, -0.2) is 4.98 Å². The number of hydrogen-bond acceptors (Lipinski definition) is 4. The van der Waals surface area contributed by atoms with Crippen LogP contribution in [0.3, 0.4) is 0 Å². The van der Waals surface area contributed by atoms with E-state index in [1.54, 1.807) is 19.3 Å². The van der Waals surface area contributed by atoms with Gasteiger partial charge in [0.05, 0.1) is 17.6 Å². The fraction of sp³-hybridized carbons (Fsp3) is 0.529. The van der Waals surface area contributed by atoms with Crippen LogP contribution < -0.4 is 0 Å². The van der Waals surface area contributed by atoms with Gasteiger partial charge in [0.15, 0.2) is 0 Å². The molecule has 1 fully saturated rings. The molecule has 122 valence electrons. The first-order chi connectivity index (χ1) is 11.2. The van der Waals surface area contributed by atoms with Crippen LogP contribution in [0.25, 0.3) is 11.4 Å². The van der Waals surface area contributed by atoms with Gasteiger partial charge in [0, 0.05) is 44.9 Å². The monoisotopic (exact) mass is 313 g/mol. The van der Waals surface area contributed by atoms with Crippen molar-refractivity contribution in [1.29, 1.82) is 0 Å². The summed E-state index contributed by atoms with van der Waals surface area (Å²) in [6, 6.07) is 1.98. The van der Waals surface area contributed by atoms with Crippen molar-refractivity contribution < 1.29 is 4.79 Å². The van der Waals surface area contributed by atoms with E-state index in [9.17, 15) is 4.79 Å². The van der Waals surface area contributed by atoms with Crippen LogP contribution in [0.15, 0.2) is 24.7 Å². The lowest BCUT2D eigenvalue weighted by Crippen LogP contribution is -2.37. The van der Waals surface area contributed by atoms with E-state index in [2.05, 4.69) is 17.0 Å². The third-order valence-electron chi connectivity index (χ3n) is 4.35. The summed E-state index contributed by atoms with van der Waals surface area (Å²) in [5, 5.41) is 4.36. The van der Waals surface area contributed by atoms with Crippen molar-refractivity contribution in [1.82, 2.24) is 24.6 Å². The molecule has 0 saturated carbocycles. The van der Waals surface area contributed by atoms with Crippen molar-refractivity contribution in [3.05, 3.63) is 30.4 Å².